The molecule has 0 radical (unpaired) electrons. The van der Waals surface area contributed by atoms with Crippen molar-refractivity contribution in [3.05, 3.63) is 66.5 Å². The predicted molar refractivity (Wildman–Crippen MR) is 95.4 cm³/mol. The molecule has 0 amide bonds. The summed E-state index contributed by atoms with van der Waals surface area (Å²) in [6.07, 6.45) is 8.36. The summed E-state index contributed by atoms with van der Waals surface area (Å²) in [5.74, 6) is -0.227. The lowest BCUT2D eigenvalue weighted by Crippen LogP contribution is -2.34. The van der Waals surface area contributed by atoms with E-state index in [0.29, 0.717) is 6.54 Å². The topological polar surface area (TPSA) is 48.1 Å². The van der Waals surface area contributed by atoms with E-state index in [1.807, 2.05) is 29.2 Å². The molecule has 1 aromatic carbocycles. The van der Waals surface area contributed by atoms with Crippen molar-refractivity contribution < 1.29 is 9.13 Å². The molecule has 1 unspecified atom stereocenters. The summed E-state index contributed by atoms with van der Waals surface area (Å²) in [5.41, 5.74) is 1.83. The van der Waals surface area contributed by atoms with E-state index in [2.05, 4.69) is 15.1 Å². The van der Waals surface area contributed by atoms with E-state index >= 15 is 0 Å². The van der Waals surface area contributed by atoms with Crippen molar-refractivity contribution in [2.24, 2.45) is 0 Å². The number of nitrogens with zero attached hydrogens (tertiary/aromatic N) is 5. The highest BCUT2D eigenvalue weighted by Gasteiger charge is 2.21. The van der Waals surface area contributed by atoms with Crippen LogP contribution in [0.15, 0.2) is 55.1 Å². The fraction of sp³-hybridized carbons (Fsp3) is 0.368. The number of aromatic nitrogens is 4. The normalized spacial score (nSPS) is 18.7. The summed E-state index contributed by atoms with van der Waals surface area (Å²) in [4.78, 5) is 2.32. The van der Waals surface area contributed by atoms with Gasteiger partial charge in [0.05, 0.1) is 18.3 Å². The monoisotopic (exact) mass is 355 g/mol. The second-order valence-corrected chi connectivity index (χ2v) is 6.53. The molecule has 1 fully saturated rings. The minimum absolute atomic E-state index is 0.0686. The molecule has 0 bridgehead atoms. The van der Waals surface area contributed by atoms with Crippen LogP contribution in [0.25, 0.3) is 5.69 Å². The van der Waals surface area contributed by atoms with Crippen LogP contribution in [-0.2, 0) is 17.8 Å². The van der Waals surface area contributed by atoms with Crippen molar-refractivity contribution in [1.82, 2.24) is 24.5 Å². The number of rotatable bonds is 5. The zero-order valence-electron chi connectivity index (χ0n) is 14.5. The molecule has 0 N–H and O–H groups in total. The summed E-state index contributed by atoms with van der Waals surface area (Å²) in [6, 6.07) is 8.65. The molecule has 1 aliphatic rings. The van der Waals surface area contributed by atoms with Gasteiger partial charge in [-0.25, -0.2) is 9.07 Å². The summed E-state index contributed by atoms with van der Waals surface area (Å²) >= 11 is 0. The van der Waals surface area contributed by atoms with Gasteiger partial charge in [0.25, 0.3) is 0 Å². The van der Waals surface area contributed by atoms with Crippen LogP contribution in [0.2, 0.25) is 0 Å². The van der Waals surface area contributed by atoms with E-state index in [4.69, 9.17) is 4.74 Å². The van der Waals surface area contributed by atoms with Crippen LogP contribution in [0.4, 0.5) is 4.39 Å². The van der Waals surface area contributed by atoms with Gasteiger partial charge in [0.15, 0.2) is 0 Å². The Morgan fingerprint density at radius 3 is 2.85 bits per heavy atom. The van der Waals surface area contributed by atoms with Crippen molar-refractivity contribution in [1.29, 1.82) is 0 Å². The highest BCUT2D eigenvalue weighted by atomic mass is 19.1. The van der Waals surface area contributed by atoms with Gasteiger partial charge in [0.1, 0.15) is 5.82 Å². The number of benzene rings is 1. The lowest BCUT2D eigenvalue weighted by Gasteiger charge is -2.24. The predicted octanol–water partition coefficient (Wildman–Crippen LogP) is 2.50. The Labute approximate surface area is 151 Å². The smallest absolute Gasteiger partial charge is 0.123 e. The van der Waals surface area contributed by atoms with E-state index in [9.17, 15) is 4.39 Å². The average Bonchev–Trinajstić information content (AvgIpc) is 3.28. The molecule has 26 heavy (non-hydrogen) atoms. The SMILES string of the molecule is Fc1ccc(-n2cccn2)c(CN2CCCOC(Cn3cccn3)C2)c1. The first-order valence-electron chi connectivity index (χ1n) is 8.88. The fourth-order valence-electron chi connectivity index (χ4n) is 3.40. The van der Waals surface area contributed by atoms with Gasteiger partial charge in [-0.15, -0.1) is 0 Å². The molecule has 1 aliphatic heterocycles. The van der Waals surface area contributed by atoms with E-state index in [1.54, 1.807) is 29.2 Å². The minimum Gasteiger partial charge on any atom is -0.375 e. The van der Waals surface area contributed by atoms with Crippen LogP contribution >= 0.6 is 0 Å². The molecule has 0 spiro atoms. The fourth-order valence-corrected chi connectivity index (χ4v) is 3.40. The van der Waals surface area contributed by atoms with E-state index < -0.39 is 0 Å². The highest BCUT2D eigenvalue weighted by molar-refractivity contribution is 5.40. The Morgan fingerprint density at radius 1 is 1.15 bits per heavy atom. The molecule has 3 aromatic rings. The second-order valence-electron chi connectivity index (χ2n) is 6.53. The quantitative estimate of drug-likeness (QED) is 0.706. The van der Waals surface area contributed by atoms with E-state index in [-0.39, 0.29) is 11.9 Å². The Morgan fingerprint density at radius 2 is 2.04 bits per heavy atom. The third kappa shape index (κ3) is 4.00. The van der Waals surface area contributed by atoms with Gasteiger partial charge in [-0.1, -0.05) is 0 Å². The van der Waals surface area contributed by atoms with Gasteiger partial charge in [-0.05, 0) is 42.3 Å². The van der Waals surface area contributed by atoms with Gasteiger partial charge >= 0.3 is 0 Å². The lowest BCUT2D eigenvalue weighted by molar-refractivity contribution is 0.0391. The number of ether oxygens (including phenoxy) is 1. The van der Waals surface area contributed by atoms with Crippen molar-refractivity contribution >= 4 is 0 Å². The first-order valence-corrected chi connectivity index (χ1v) is 8.88. The summed E-state index contributed by atoms with van der Waals surface area (Å²) in [5, 5.41) is 8.56. The maximum Gasteiger partial charge on any atom is 0.123 e. The van der Waals surface area contributed by atoms with E-state index in [1.165, 1.54) is 6.07 Å². The van der Waals surface area contributed by atoms with Crippen LogP contribution < -0.4 is 0 Å². The Balaban J connectivity index is 1.51. The molecule has 6 nitrogen and oxygen atoms in total. The summed E-state index contributed by atoms with van der Waals surface area (Å²) in [7, 11) is 0. The molecule has 136 valence electrons. The van der Waals surface area contributed by atoms with Crippen molar-refractivity contribution in [3.63, 3.8) is 0 Å². The first-order chi connectivity index (χ1) is 12.8. The molecule has 1 saturated heterocycles. The maximum absolute atomic E-state index is 13.9. The zero-order chi connectivity index (χ0) is 17.8. The number of hydrogen-bond acceptors (Lipinski definition) is 4. The molecule has 2 aromatic heterocycles. The van der Waals surface area contributed by atoms with Gasteiger partial charge in [0.2, 0.25) is 0 Å². The number of halogens is 1. The van der Waals surface area contributed by atoms with Crippen LogP contribution in [0.3, 0.4) is 0 Å². The van der Waals surface area contributed by atoms with E-state index in [0.717, 1.165) is 43.9 Å². The third-order valence-corrected chi connectivity index (χ3v) is 4.57. The highest BCUT2D eigenvalue weighted by Crippen LogP contribution is 2.19. The van der Waals surface area contributed by atoms with Crippen molar-refractivity contribution in [2.45, 2.75) is 25.6 Å². The summed E-state index contributed by atoms with van der Waals surface area (Å²) in [6.45, 7) is 3.82. The lowest BCUT2D eigenvalue weighted by atomic mass is 10.1. The third-order valence-electron chi connectivity index (χ3n) is 4.57. The largest absolute Gasteiger partial charge is 0.375 e. The van der Waals surface area contributed by atoms with Crippen LogP contribution in [0, 0.1) is 5.82 Å². The van der Waals surface area contributed by atoms with Crippen LogP contribution in [0.5, 0.6) is 0 Å². The molecule has 1 atom stereocenters. The Hall–Kier alpha value is -2.51. The summed E-state index contributed by atoms with van der Waals surface area (Å²) < 4.78 is 23.5. The Bertz CT molecular complexity index is 819. The average molecular weight is 355 g/mol. The molecule has 3 heterocycles. The molecule has 7 heteroatoms. The first kappa shape index (κ1) is 16.9. The second kappa shape index (κ2) is 7.80. The standard InChI is InChI=1S/C19H22FN5O/c20-17-4-5-19(25-10-2-7-22-25)16(12-17)13-23-8-3-11-26-18(14-23)15-24-9-1-6-21-24/h1-2,4-7,9-10,12,18H,3,8,11,13-15H2. The van der Waals surface area contributed by atoms with Gasteiger partial charge < -0.3 is 4.74 Å². The molecular formula is C19H22FN5O. The zero-order valence-corrected chi connectivity index (χ0v) is 14.5. The van der Waals surface area contributed by atoms with Crippen LogP contribution in [-0.4, -0.2) is 50.3 Å². The molecule has 0 saturated carbocycles. The minimum atomic E-state index is -0.227. The van der Waals surface area contributed by atoms with Crippen molar-refractivity contribution in [3.8, 4) is 5.69 Å². The van der Waals surface area contributed by atoms with Gasteiger partial charge in [0, 0.05) is 51.0 Å². The maximum atomic E-state index is 13.9. The van der Waals surface area contributed by atoms with Gasteiger partial charge in [-0.3, -0.25) is 9.58 Å². The van der Waals surface area contributed by atoms with Crippen molar-refractivity contribution in [2.75, 3.05) is 19.7 Å². The molecular weight excluding hydrogens is 333 g/mol. The molecule has 0 aliphatic carbocycles. The molecule has 4 rings (SSSR count). The Kier molecular flexibility index (Phi) is 5.08. The van der Waals surface area contributed by atoms with Crippen LogP contribution in [0.1, 0.15) is 12.0 Å². The number of hydrogen-bond donors (Lipinski definition) is 0. The van der Waals surface area contributed by atoms with Gasteiger partial charge in [-0.2, -0.15) is 10.2 Å².